The van der Waals surface area contributed by atoms with Gasteiger partial charge in [0, 0.05) is 12.7 Å². The van der Waals surface area contributed by atoms with E-state index in [1.165, 1.54) is 26.0 Å². The van der Waals surface area contributed by atoms with Crippen molar-refractivity contribution in [3.8, 4) is 0 Å². The van der Waals surface area contributed by atoms with Crippen molar-refractivity contribution in [3.05, 3.63) is 12.3 Å². The Morgan fingerprint density at radius 2 is 1.76 bits per heavy atom. The van der Waals surface area contributed by atoms with Crippen molar-refractivity contribution in [2.75, 3.05) is 0 Å². The highest BCUT2D eigenvalue weighted by Crippen LogP contribution is 2.41. The molecule has 0 unspecified atom stereocenters. The van der Waals surface area contributed by atoms with Gasteiger partial charge in [-0.1, -0.05) is 26.2 Å². The van der Waals surface area contributed by atoms with Crippen LogP contribution in [0.4, 0.5) is 0 Å². The molecule has 4 nitrogen and oxygen atoms in total. The molecule has 0 aromatic heterocycles. The second-order valence-electron chi connectivity index (χ2n) is 6.72. The molecule has 0 aromatic rings. The smallest absolute Gasteiger partial charge is 0.435 e. The lowest BCUT2D eigenvalue weighted by atomic mass is 9.69. The van der Waals surface area contributed by atoms with Gasteiger partial charge in [0.05, 0.1) is 17.5 Å². The zero-order chi connectivity index (χ0) is 16.1. The normalized spacial score (nSPS) is 21.7. The lowest BCUT2D eigenvalue weighted by molar-refractivity contribution is -0.135. The van der Waals surface area contributed by atoms with Gasteiger partial charge in [0.2, 0.25) is 0 Å². The Kier molecular flexibility index (Phi) is 6.48. The summed E-state index contributed by atoms with van der Waals surface area (Å²) in [5, 5.41) is 0. The molecule has 0 bridgehead atoms. The highest BCUT2D eigenvalue weighted by molar-refractivity contribution is 6.48. The zero-order valence-electron chi connectivity index (χ0n) is 14.3. The molecule has 1 aliphatic heterocycles. The number of rotatable bonds is 7. The summed E-state index contributed by atoms with van der Waals surface area (Å²) < 4.78 is 17.1. The molecule has 1 saturated heterocycles. The van der Waals surface area contributed by atoms with Crippen molar-refractivity contribution in [1.29, 1.82) is 0 Å². The number of unbranched alkanes of at least 4 members (excludes halogenated alkanes) is 2. The van der Waals surface area contributed by atoms with Crippen LogP contribution in [0.3, 0.4) is 0 Å². The van der Waals surface area contributed by atoms with E-state index < -0.39 is 0 Å². The fourth-order valence-electron chi connectivity index (χ4n) is 2.25. The van der Waals surface area contributed by atoms with Gasteiger partial charge in [0.1, 0.15) is 0 Å². The molecule has 1 rings (SSSR count). The molecule has 1 fully saturated rings. The van der Waals surface area contributed by atoms with E-state index in [9.17, 15) is 4.79 Å². The van der Waals surface area contributed by atoms with Crippen molar-refractivity contribution in [3.63, 3.8) is 0 Å². The van der Waals surface area contributed by atoms with E-state index in [1.807, 2.05) is 33.8 Å². The molecular weight excluding hydrogens is 267 g/mol. The highest BCUT2D eigenvalue weighted by Gasteiger charge is 2.53. The van der Waals surface area contributed by atoms with Crippen LogP contribution >= 0.6 is 0 Å². The van der Waals surface area contributed by atoms with Crippen molar-refractivity contribution in [2.24, 2.45) is 0 Å². The molecule has 0 amide bonds. The Balaban J connectivity index is 2.72. The van der Waals surface area contributed by atoms with Gasteiger partial charge in [-0.15, -0.1) is 0 Å². The zero-order valence-corrected chi connectivity index (χ0v) is 14.3. The quantitative estimate of drug-likeness (QED) is 0.307. The van der Waals surface area contributed by atoms with Gasteiger partial charge in [-0.3, -0.25) is 4.79 Å². The summed E-state index contributed by atoms with van der Waals surface area (Å²) in [5.41, 5.74) is -0.675. The first-order chi connectivity index (χ1) is 9.69. The third-order valence-electron chi connectivity index (χ3n) is 4.32. The van der Waals surface area contributed by atoms with Crippen LogP contribution in [0.2, 0.25) is 5.82 Å². The predicted molar refractivity (Wildman–Crippen MR) is 84.9 cm³/mol. The number of hydrogen-bond acceptors (Lipinski definition) is 4. The van der Waals surface area contributed by atoms with Gasteiger partial charge in [-0.05, 0) is 40.2 Å². The largest absolute Gasteiger partial charge is 0.465 e. The molecule has 21 heavy (non-hydrogen) atoms. The van der Waals surface area contributed by atoms with Crippen LogP contribution in [-0.2, 0) is 18.8 Å². The van der Waals surface area contributed by atoms with Gasteiger partial charge in [0.25, 0.3) is 0 Å². The maximum atomic E-state index is 10.9. The Morgan fingerprint density at radius 3 is 2.24 bits per heavy atom. The summed E-state index contributed by atoms with van der Waals surface area (Å²) in [5.74, 6) is -0.218. The van der Waals surface area contributed by atoms with Crippen molar-refractivity contribution in [1.82, 2.24) is 0 Å². The van der Waals surface area contributed by atoms with Crippen LogP contribution in [0, 0.1) is 0 Å². The van der Waals surface area contributed by atoms with Crippen LogP contribution in [0.5, 0.6) is 0 Å². The van der Waals surface area contributed by atoms with Gasteiger partial charge in [-0.2, -0.15) is 0 Å². The van der Waals surface area contributed by atoms with E-state index in [-0.39, 0.29) is 30.1 Å². The molecule has 0 aromatic carbocycles. The molecule has 120 valence electrons. The van der Waals surface area contributed by atoms with E-state index in [1.54, 1.807) is 0 Å². The standard InChI is InChI=1S/C16H29BO4/c1-7-8-9-10-14(11-12-19-13(2)18)17-20-15(3,4)16(5,6)21-17/h11-12,14H,7-10H2,1-6H3/b12-11+/t14-/m1/s1. The van der Waals surface area contributed by atoms with Gasteiger partial charge < -0.3 is 14.0 Å². The molecule has 0 radical (unpaired) electrons. The second-order valence-corrected chi connectivity index (χ2v) is 6.72. The lowest BCUT2D eigenvalue weighted by Gasteiger charge is -2.32. The van der Waals surface area contributed by atoms with Crippen molar-refractivity contribution >= 4 is 13.1 Å². The maximum absolute atomic E-state index is 10.9. The Bertz CT molecular complexity index is 360. The van der Waals surface area contributed by atoms with Crippen LogP contribution < -0.4 is 0 Å². The van der Waals surface area contributed by atoms with Crippen LogP contribution in [-0.4, -0.2) is 24.3 Å². The molecule has 0 aliphatic carbocycles. The van der Waals surface area contributed by atoms with E-state index in [4.69, 9.17) is 14.0 Å². The van der Waals surface area contributed by atoms with Gasteiger partial charge in [0.15, 0.2) is 0 Å². The van der Waals surface area contributed by atoms with E-state index >= 15 is 0 Å². The number of ether oxygens (including phenoxy) is 1. The van der Waals surface area contributed by atoms with E-state index in [0.717, 1.165) is 12.8 Å². The van der Waals surface area contributed by atoms with Crippen molar-refractivity contribution in [2.45, 2.75) is 84.2 Å². The lowest BCUT2D eigenvalue weighted by Crippen LogP contribution is -2.41. The van der Waals surface area contributed by atoms with E-state index in [2.05, 4.69) is 6.92 Å². The van der Waals surface area contributed by atoms with Crippen LogP contribution in [0.25, 0.3) is 0 Å². The molecule has 5 heteroatoms. The Labute approximate surface area is 129 Å². The SMILES string of the molecule is CCCCC[C@H](/C=C/OC(C)=O)B1OC(C)(C)C(C)(C)O1. The number of esters is 1. The van der Waals surface area contributed by atoms with Crippen molar-refractivity contribution < 1.29 is 18.8 Å². The topological polar surface area (TPSA) is 44.8 Å². The summed E-state index contributed by atoms with van der Waals surface area (Å²) in [7, 11) is -0.293. The molecule has 1 atom stereocenters. The minimum Gasteiger partial charge on any atom is -0.435 e. The average molecular weight is 296 g/mol. The maximum Gasteiger partial charge on any atom is 0.465 e. The molecular formula is C16H29BO4. The van der Waals surface area contributed by atoms with Crippen LogP contribution in [0.15, 0.2) is 12.3 Å². The molecule has 0 spiro atoms. The first kappa shape index (κ1) is 18.2. The summed E-state index contributed by atoms with van der Waals surface area (Å²) in [6, 6.07) is 0. The third-order valence-corrected chi connectivity index (χ3v) is 4.32. The van der Waals surface area contributed by atoms with Gasteiger partial charge >= 0.3 is 13.1 Å². The molecule has 1 aliphatic rings. The fourth-order valence-corrected chi connectivity index (χ4v) is 2.25. The third kappa shape index (κ3) is 5.15. The number of carbonyl (C=O) groups excluding carboxylic acids is 1. The van der Waals surface area contributed by atoms with Crippen LogP contribution in [0.1, 0.15) is 67.2 Å². The Morgan fingerprint density at radius 1 is 1.19 bits per heavy atom. The molecule has 0 N–H and O–H groups in total. The monoisotopic (exact) mass is 296 g/mol. The number of carbonyl (C=O) groups is 1. The summed E-state index contributed by atoms with van der Waals surface area (Å²) >= 11 is 0. The Hall–Kier alpha value is -0.805. The highest BCUT2D eigenvalue weighted by atomic mass is 16.7. The summed E-state index contributed by atoms with van der Waals surface area (Å²) in [6.07, 6.45) is 7.77. The first-order valence-corrected chi connectivity index (χ1v) is 7.89. The van der Waals surface area contributed by atoms with E-state index in [0.29, 0.717) is 0 Å². The number of allylic oxidation sites excluding steroid dienone is 1. The minimum atomic E-state index is -0.337. The predicted octanol–water partition coefficient (Wildman–Crippen LogP) is 4.11. The molecule has 1 heterocycles. The number of hydrogen-bond donors (Lipinski definition) is 0. The first-order valence-electron chi connectivity index (χ1n) is 7.89. The fraction of sp³-hybridized carbons (Fsp3) is 0.812. The summed E-state index contributed by atoms with van der Waals surface area (Å²) in [6.45, 7) is 11.8. The van der Waals surface area contributed by atoms with Gasteiger partial charge in [-0.25, -0.2) is 0 Å². The summed E-state index contributed by atoms with van der Waals surface area (Å²) in [4.78, 5) is 10.9. The molecule has 0 saturated carbocycles. The second kappa shape index (κ2) is 7.46. The minimum absolute atomic E-state index is 0.0944. The average Bonchev–Trinajstić information content (AvgIpc) is 2.56.